The van der Waals surface area contributed by atoms with Gasteiger partial charge in [0.25, 0.3) is 10.0 Å². The summed E-state index contributed by atoms with van der Waals surface area (Å²) in [4.78, 5) is 23.1. The molecule has 178 valence electrons. The minimum Gasteiger partial charge on any atom is -0.465 e. The van der Waals surface area contributed by atoms with E-state index in [0.717, 1.165) is 16.7 Å². The van der Waals surface area contributed by atoms with Crippen LogP contribution >= 0.6 is 11.6 Å². The molecule has 11 heteroatoms. The molecule has 9 nitrogen and oxygen atoms in total. The van der Waals surface area contributed by atoms with Gasteiger partial charge in [0, 0.05) is 31.7 Å². The third-order valence-electron chi connectivity index (χ3n) is 5.66. The summed E-state index contributed by atoms with van der Waals surface area (Å²) >= 11 is 6.40. The van der Waals surface area contributed by atoms with Crippen molar-refractivity contribution in [3.63, 3.8) is 0 Å². The summed E-state index contributed by atoms with van der Waals surface area (Å²) in [5.74, 6) is 0.595. The first-order valence-corrected chi connectivity index (χ1v) is 12.5. The summed E-state index contributed by atoms with van der Waals surface area (Å²) < 4.78 is 28.7. The van der Waals surface area contributed by atoms with E-state index in [2.05, 4.69) is 14.7 Å². The lowest BCUT2D eigenvalue weighted by molar-refractivity contribution is 0.142. The van der Waals surface area contributed by atoms with Gasteiger partial charge in [-0.05, 0) is 49.2 Å². The number of benzene rings is 1. The van der Waals surface area contributed by atoms with Crippen LogP contribution in [-0.4, -0.2) is 60.7 Å². The van der Waals surface area contributed by atoms with E-state index < -0.39 is 16.1 Å². The van der Waals surface area contributed by atoms with Crippen molar-refractivity contribution in [2.45, 2.75) is 18.9 Å². The Morgan fingerprint density at radius 2 is 1.62 bits per heavy atom. The number of aromatic nitrogens is 2. The molecule has 4 rings (SSSR count). The number of nitrogens with zero attached hydrogens (tertiary/aromatic N) is 4. The highest BCUT2D eigenvalue weighted by atomic mass is 35.5. The van der Waals surface area contributed by atoms with E-state index in [-0.39, 0.29) is 10.8 Å². The van der Waals surface area contributed by atoms with Gasteiger partial charge in [0.1, 0.15) is 11.6 Å². The van der Waals surface area contributed by atoms with Gasteiger partial charge in [-0.25, -0.2) is 14.8 Å². The van der Waals surface area contributed by atoms with Crippen LogP contribution in [0.2, 0.25) is 5.02 Å². The Hall–Kier alpha value is -3.37. The van der Waals surface area contributed by atoms with Crippen LogP contribution in [0.15, 0.2) is 53.6 Å². The van der Waals surface area contributed by atoms with Crippen LogP contribution in [0.5, 0.6) is 0 Å². The predicted molar refractivity (Wildman–Crippen MR) is 131 cm³/mol. The highest BCUT2D eigenvalue weighted by Gasteiger charge is 2.24. The number of anilines is 2. The van der Waals surface area contributed by atoms with Gasteiger partial charge in [0.2, 0.25) is 0 Å². The molecule has 1 aliphatic heterocycles. The quantitative estimate of drug-likeness (QED) is 0.542. The standard InChI is InChI=1S/C23H24ClN5O4S/c1-15-5-3-6-16(2)21(15)22-17(24)9-10-18(25-22)27-34(32,33)20-8-4-7-19(26-20)28-11-13-29(14-12-28)23(30)31/h3-10H,11-14H2,1-2H3,(H,25,27)(H,30,31). The molecule has 0 bridgehead atoms. The number of aryl methyl sites for hydroxylation is 2. The SMILES string of the molecule is Cc1cccc(C)c1-c1nc(NS(=O)(=O)c2cccc(N3CCN(C(=O)O)CC3)n2)ccc1Cl. The number of piperazine rings is 1. The average molecular weight is 502 g/mol. The Morgan fingerprint density at radius 1 is 0.971 bits per heavy atom. The number of sulfonamides is 1. The van der Waals surface area contributed by atoms with Crippen molar-refractivity contribution in [3.8, 4) is 11.3 Å². The van der Waals surface area contributed by atoms with Gasteiger partial charge in [0.05, 0.1) is 10.7 Å². The highest BCUT2D eigenvalue weighted by molar-refractivity contribution is 7.92. The second-order valence-electron chi connectivity index (χ2n) is 7.99. The second kappa shape index (κ2) is 9.47. The van der Waals surface area contributed by atoms with Crippen molar-refractivity contribution in [3.05, 3.63) is 64.7 Å². The van der Waals surface area contributed by atoms with Gasteiger partial charge in [-0.3, -0.25) is 4.72 Å². The van der Waals surface area contributed by atoms with Crippen LogP contribution in [0.3, 0.4) is 0 Å². The maximum absolute atomic E-state index is 13.1. The van der Waals surface area contributed by atoms with Crippen LogP contribution in [0, 0.1) is 13.8 Å². The highest BCUT2D eigenvalue weighted by Crippen LogP contribution is 2.32. The van der Waals surface area contributed by atoms with Crippen molar-refractivity contribution in [1.29, 1.82) is 0 Å². The molecule has 0 radical (unpaired) electrons. The van der Waals surface area contributed by atoms with Crippen LogP contribution in [-0.2, 0) is 10.0 Å². The molecule has 1 fully saturated rings. The Kier molecular flexibility index (Phi) is 6.63. The fourth-order valence-electron chi connectivity index (χ4n) is 3.91. The molecule has 0 atom stereocenters. The molecular weight excluding hydrogens is 478 g/mol. The summed E-state index contributed by atoms with van der Waals surface area (Å²) in [6.45, 7) is 5.39. The Morgan fingerprint density at radius 3 is 2.26 bits per heavy atom. The maximum atomic E-state index is 13.1. The Bertz CT molecular complexity index is 1320. The van der Waals surface area contributed by atoms with Crippen molar-refractivity contribution in [2.24, 2.45) is 0 Å². The van der Waals surface area contributed by atoms with E-state index >= 15 is 0 Å². The summed E-state index contributed by atoms with van der Waals surface area (Å²) in [6.07, 6.45) is -0.969. The molecule has 34 heavy (non-hydrogen) atoms. The molecule has 3 heterocycles. The van der Waals surface area contributed by atoms with Crippen molar-refractivity contribution >= 4 is 39.4 Å². The minimum atomic E-state index is -4.03. The number of amides is 1. The lowest BCUT2D eigenvalue weighted by atomic mass is 9.99. The second-order valence-corrected chi connectivity index (χ2v) is 10.0. The molecule has 0 aliphatic carbocycles. The number of halogens is 1. The first kappa shape index (κ1) is 23.8. The zero-order valence-electron chi connectivity index (χ0n) is 18.7. The Balaban J connectivity index is 1.59. The van der Waals surface area contributed by atoms with Crippen LogP contribution in [0.1, 0.15) is 11.1 Å². The molecule has 1 saturated heterocycles. The third-order valence-corrected chi connectivity index (χ3v) is 7.22. The number of hydrogen-bond acceptors (Lipinski definition) is 6. The van der Waals surface area contributed by atoms with Gasteiger partial charge in [-0.1, -0.05) is 35.9 Å². The largest absolute Gasteiger partial charge is 0.465 e. The number of nitrogens with one attached hydrogen (secondary N) is 1. The van der Waals surface area contributed by atoms with Crippen molar-refractivity contribution < 1.29 is 18.3 Å². The normalized spacial score (nSPS) is 14.2. The third kappa shape index (κ3) is 4.92. The predicted octanol–water partition coefficient (Wildman–Crippen LogP) is 4.01. The number of rotatable bonds is 5. The van der Waals surface area contributed by atoms with E-state index in [1.807, 2.05) is 36.9 Å². The Labute approximate surface area is 203 Å². The summed E-state index contributed by atoms with van der Waals surface area (Å²) in [5.41, 5.74) is 3.31. The fraction of sp³-hybridized carbons (Fsp3) is 0.261. The molecule has 2 aromatic heterocycles. The average Bonchev–Trinajstić information content (AvgIpc) is 2.81. The van der Waals surface area contributed by atoms with Gasteiger partial charge >= 0.3 is 6.09 Å². The summed E-state index contributed by atoms with van der Waals surface area (Å²) in [5, 5.41) is 9.38. The minimum absolute atomic E-state index is 0.129. The molecule has 0 spiro atoms. The van der Waals surface area contributed by atoms with Gasteiger partial charge in [-0.15, -0.1) is 0 Å². The number of pyridine rings is 2. The van der Waals surface area contributed by atoms with Crippen LogP contribution in [0.4, 0.5) is 16.4 Å². The van der Waals surface area contributed by atoms with Gasteiger partial charge in [-0.2, -0.15) is 8.42 Å². The number of hydrogen-bond donors (Lipinski definition) is 2. The van der Waals surface area contributed by atoms with Crippen LogP contribution < -0.4 is 9.62 Å². The lowest BCUT2D eigenvalue weighted by Crippen LogP contribution is -2.48. The van der Waals surface area contributed by atoms with E-state index in [1.54, 1.807) is 18.2 Å². The molecule has 2 N–H and O–H groups in total. The first-order chi connectivity index (χ1) is 16.2. The summed E-state index contributed by atoms with van der Waals surface area (Å²) in [6, 6.07) is 13.7. The van der Waals surface area contributed by atoms with Crippen molar-refractivity contribution in [2.75, 3.05) is 35.8 Å². The zero-order chi connectivity index (χ0) is 24.5. The van der Waals surface area contributed by atoms with E-state index in [1.165, 1.54) is 17.0 Å². The van der Waals surface area contributed by atoms with E-state index in [4.69, 9.17) is 16.7 Å². The molecule has 0 unspecified atom stereocenters. The molecule has 1 aromatic carbocycles. The molecular formula is C23H24ClN5O4S. The number of carbonyl (C=O) groups is 1. The summed E-state index contributed by atoms with van der Waals surface area (Å²) in [7, 11) is -4.03. The van der Waals surface area contributed by atoms with Crippen molar-refractivity contribution in [1.82, 2.24) is 14.9 Å². The maximum Gasteiger partial charge on any atom is 0.407 e. The first-order valence-electron chi connectivity index (χ1n) is 10.6. The molecule has 3 aromatic rings. The zero-order valence-corrected chi connectivity index (χ0v) is 20.3. The number of carboxylic acid groups (broad SMARTS) is 1. The van der Waals surface area contributed by atoms with E-state index in [9.17, 15) is 13.2 Å². The lowest BCUT2D eigenvalue weighted by Gasteiger charge is -2.33. The monoisotopic (exact) mass is 501 g/mol. The van der Waals surface area contributed by atoms with Crippen LogP contribution in [0.25, 0.3) is 11.3 Å². The topological polar surface area (TPSA) is 116 Å². The van der Waals surface area contributed by atoms with E-state index in [0.29, 0.717) is 42.7 Å². The van der Waals surface area contributed by atoms with Gasteiger partial charge < -0.3 is 14.9 Å². The smallest absolute Gasteiger partial charge is 0.407 e. The van der Waals surface area contributed by atoms with Gasteiger partial charge in [0.15, 0.2) is 5.03 Å². The molecule has 1 aliphatic rings. The molecule has 1 amide bonds. The molecule has 0 saturated carbocycles. The fourth-order valence-corrected chi connectivity index (χ4v) is 5.07.